The van der Waals surface area contributed by atoms with Gasteiger partial charge in [-0.3, -0.25) is 9.48 Å². The molecule has 0 unspecified atom stereocenters. The molecule has 0 aliphatic carbocycles. The summed E-state index contributed by atoms with van der Waals surface area (Å²) in [6, 6.07) is 16.2. The van der Waals surface area contributed by atoms with Crippen LogP contribution in [0.1, 0.15) is 38.4 Å². The van der Waals surface area contributed by atoms with Gasteiger partial charge in [-0.2, -0.15) is 5.10 Å². The van der Waals surface area contributed by atoms with E-state index in [9.17, 15) is 4.79 Å². The smallest absolute Gasteiger partial charge is 0.255 e. The van der Waals surface area contributed by atoms with E-state index in [1.54, 1.807) is 0 Å². The quantitative estimate of drug-likeness (QED) is 0.634. The van der Waals surface area contributed by atoms with Gasteiger partial charge in [0.15, 0.2) is 0 Å². The zero-order valence-electron chi connectivity index (χ0n) is 17.0. The topological polar surface area (TPSA) is 56.1 Å². The number of aryl methyl sites for hydroxylation is 3. The number of para-hydroxylation sites is 1. The van der Waals surface area contributed by atoms with Gasteiger partial charge in [0, 0.05) is 5.69 Å². The van der Waals surface area contributed by atoms with Gasteiger partial charge in [-0.05, 0) is 44.4 Å². The van der Waals surface area contributed by atoms with Gasteiger partial charge >= 0.3 is 0 Å². The minimum atomic E-state index is -0.112. The van der Waals surface area contributed by atoms with E-state index < -0.39 is 0 Å². The van der Waals surface area contributed by atoms with Crippen molar-refractivity contribution in [2.45, 2.75) is 34.2 Å². The number of rotatable bonds is 7. The summed E-state index contributed by atoms with van der Waals surface area (Å²) >= 11 is 0. The first-order chi connectivity index (χ1) is 13.5. The predicted molar refractivity (Wildman–Crippen MR) is 111 cm³/mol. The lowest BCUT2D eigenvalue weighted by molar-refractivity contribution is 0.0945. The van der Waals surface area contributed by atoms with Crippen LogP contribution in [0.5, 0.6) is 5.75 Å². The second kappa shape index (κ2) is 8.74. The molecule has 0 atom stereocenters. The summed E-state index contributed by atoms with van der Waals surface area (Å²) in [6.07, 6.45) is 0. The molecule has 0 aliphatic rings. The molecular weight excluding hydrogens is 350 g/mol. The third-order valence-electron chi connectivity index (χ3n) is 4.83. The van der Waals surface area contributed by atoms with Crippen LogP contribution in [0.2, 0.25) is 0 Å². The summed E-state index contributed by atoms with van der Waals surface area (Å²) in [7, 11) is 0. The first-order valence-electron chi connectivity index (χ1n) is 9.52. The Morgan fingerprint density at radius 3 is 2.36 bits per heavy atom. The summed E-state index contributed by atoms with van der Waals surface area (Å²) in [5, 5.41) is 7.50. The monoisotopic (exact) mass is 377 g/mol. The van der Waals surface area contributed by atoms with E-state index >= 15 is 0 Å². The number of nitrogens with zero attached hydrogens (tertiary/aromatic N) is 2. The van der Waals surface area contributed by atoms with Crippen molar-refractivity contribution in [3.63, 3.8) is 0 Å². The molecule has 1 aromatic heterocycles. The highest BCUT2D eigenvalue weighted by Crippen LogP contribution is 2.22. The summed E-state index contributed by atoms with van der Waals surface area (Å²) in [5.74, 6) is 0.777. The van der Waals surface area contributed by atoms with E-state index in [-0.39, 0.29) is 5.91 Å². The first kappa shape index (κ1) is 19.7. The number of nitrogens with one attached hydrogen (secondary N) is 1. The molecular formula is C23H27N3O2. The van der Waals surface area contributed by atoms with E-state index in [1.807, 2.05) is 68.8 Å². The Hall–Kier alpha value is -3.08. The molecule has 0 spiro atoms. The van der Waals surface area contributed by atoms with Crippen molar-refractivity contribution in [2.75, 3.05) is 13.2 Å². The van der Waals surface area contributed by atoms with Gasteiger partial charge < -0.3 is 10.1 Å². The lowest BCUT2D eigenvalue weighted by Crippen LogP contribution is -2.29. The Morgan fingerprint density at radius 2 is 1.68 bits per heavy atom. The number of amides is 1. The first-order valence-corrected chi connectivity index (χ1v) is 9.52. The van der Waals surface area contributed by atoms with Gasteiger partial charge in [-0.15, -0.1) is 0 Å². The molecule has 1 heterocycles. The van der Waals surface area contributed by atoms with Crippen molar-refractivity contribution in [1.82, 2.24) is 15.1 Å². The van der Waals surface area contributed by atoms with Crippen molar-refractivity contribution in [1.29, 1.82) is 0 Å². The van der Waals surface area contributed by atoms with Crippen LogP contribution in [-0.2, 0) is 6.54 Å². The van der Waals surface area contributed by atoms with E-state index in [4.69, 9.17) is 4.74 Å². The average Bonchev–Trinajstić information content (AvgIpc) is 2.94. The number of benzene rings is 2. The van der Waals surface area contributed by atoms with Crippen molar-refractivity contribution < 1.29 is 9.53 Å². The van der Waals surface area contributed by atoms with E-state index in [1.165, 1.54) is 0 Å². The zero-order chi connectivity index (χ0) is 20.1. The van der Waals surface area contributed by atoms with Gasteiger partial charge in [0.2, 0.25) is 0 Å². The van der Waals surface area contributed by atoms with Gasteiger partial charge in [-0.25, -0.2) is 0 Å². The highest BCUT2D eigenvalue weighted by Gasteiger charge is 2.18. The van der Waals surface area contributed by atoms with Gasteiger partial charge in [0.05, 0.1) is 24.3 Å². The maximum Gasteiger partial charge on any atom is 0.255 e. The van der Waals surface area contributed by atoms with Crippen LogP contribution >= 0.6 is 0 Å². The molecule has 2 aromatic carbocycles. The fourth-order valence-electron chi connectivity index (χ4n) is 3.37. The van der Waals surface area contributed by atoms with Crippen LogP contribution in [0.25, 0.3) is 0 Å². The largest absolute Gasteiger partial charge is 0.491 e. The molecule has 5 nitrogen and oxygen atoms in total. The zero-order valence-corrected chi connectivity index (χ0v) is 17.0. The van der Waals surface area contributed by atoms with Crippen LogP contribution in [0, 0.1) is 27.7 Å². The fourth-order valence-corrected chi connectivity index (χ4v) is 3.37. The number of aromatic nitrogens is 2. The molecule has 146 valence electrons. The second-order valence-electron chi connectivity index (χ2n) is 7.01. The average molecular weight is 377 g/mol. The minimum Gasteiger partial charge on any atom is -0.491 e. The van der Waals surface area contributed by atoms with Crippen LogP contribution in [0.3, 0.4) is 0 Å². The molecule has 0 radical (unpaired) electrons. The third kappa shape index (κ3) is 4.42. The Bertz CT molecular complexity index is 941. The number of carbonyl (C=O) groups excluding carboxylic acids is 1. The molecule has 1 N–H and O–H groups in total. The molecule has 0 bridgehead atoms. The van der Waals surface area contributed by atoms with E-state index in [0.29, 0.717) is 25.3 Å². The van der Waals surface area contributed by atoms with Crippen molar-refractivity contribution >= 4 is 5.91 Å². The van der Waals surface area contributed by atoms with Gasteiger partial charge in [0.25, 0.3) is 5.91 Å². The molecule has 0 saturated carbocycles. The van der Waals surface area contributed by atoms with Crippen LogP contribution < -0.4 is 10.1 Å². The van der Waals surface area contributed by atoms with Gasteiger partial charge in [0.1, 0.15) is 12.4 Å². The predicted octanol–water partition coefficient (Wildman–Crippen LogP) is 3.97. The Morgan fingerprint density at radius 1 is 1.00 bits per heavy atom. The summed E-state index contributed by atoms with van der Waals surface area (Å²) in [4.78, 5) is 12.7. The number of hydrogen-bond donors (Lipinski definition) is 1. The van der Waals surface area contributed by atoms with Crippen LogP contribution in [-0.4, -0.2) is 28.8 Å². The second-order valence-corrected chi connectivity index (χ2v) is 7.01. The normalized spacial score (nSPS) is 10.7. The van der Waals surface area contributed by atoms with Crippen molar-refractivity contribution in [3.05, 3.63) is 82.2 Å². The van der Waals surface area contributed by atoms with Crippen LogP contribution in [0.4, 0.5) is 0 Å². The standard InChI is InChI=1S/C23H27N3O2/c1-16-9-8-10-17(2)22(16)28-14-13-24-23(27)21-18(3)25-26(19(21)4)15-20-11-6-5-7-12-20/h5-12H,13-15H2,1-4H3,(H,24,27). The molecule has 0 aliphatic heterocycles. The summed E-state index contributed by atoms with van der Waals surface area (Å²) in [6.45, 7) is 9.37. The number of hydrogen-bond acceptors (Lipinski definition) is 3. The lowest BCUT2D eigenvalue weighted by atomic mass is 10.1. The summed E-state index contributed by atoms with van der Waals surface area (Å²) < 4.78 is 7.74. The maximum absolute atomic E-state index is 12.7. The molecule has 3 rings (SSSR count). The lowest BCUT2D eigenvalue weighted by Gasteiger charge is -2.12. The van der Waals surface area contributed by atoms with E-state index in [2.05, 4.69) is 22.5 Å². The molecule has 3 aromatic rings. The molecule has 1 amide bonds. The fraction of sp³-hybridized carbons (Fsp3) is 0.304. The highest BCUT2D eigenvalue weighted by atomic mass is 16.5. The van der Waals surface area contributed by atoms with Crippen molar-refractivity contribution in [3.8, 4) is 5.75 Å². The molecule has 28 heavy (non-hydrogen) atoms. The molecule has 5 heteroatoms. The molecule has 0 saturated heterocycles. The number of ether oxygens (including phenoxy) is 1. The minimum absolute atomic E-state index is 0.112. The Kier molecular flexibility index (Phi) is 6.14. The van der Waals surface area contributed by atoms with E-state index in [0.717, 1.165) is 33.8 Å². The Labute approximate surface area is 166 Å². The third-order valence-corrected chi connectivity index (χ3v) is 4.83. The SMILES string of the molecule is Cc1cccc(C)c1OCCNC(=O)c1c(C)nn(Cc2ccccc2)c1C. The number of carbonyl (C=O) groups is 1. The van der Waals surface area contributed by atoms with Gasteiger partial charge in [-0.1, -0.05) is 48.5 Å². The molecule has 0 fully saturated rings. The maximum atomic E-state index is 12.7. The highest BCUT2D eigenvalue weighted by molar-refractivity contribution is 5.96. The summed E-state index contributed by atoms with van der Waals surface area (Å²) in [5.41, 5.74) is 5.60. The Balaban J connectivity index is 1.60. The van der Waals surface area contributed by atoms with Crippen LogP contribution in [0.15, 0.2) is 48.5 Å². The van der Waals surface area contributed by atoms with Crippen molar-refractivity contribution in [2.24, 2.45) is 0 Å².